The summed E-state index contributed by atoms with van der Waals surface area (Å²) in [7, 11) is 1.54. The molecule has 6 rings (SSSR count). The number of hydrogen-bond acceptors (Lipinski definition) is 7. The molecule has 1 saturated heterocycles. The van der Waals surface area contributed by atoms with E-state index in [9.17, 15) is 14.7 Å². The third-order valence-electron chi connectivity index (χ3n) is 7.34. The van der Waals surface area contributed by atoms with E-state index in [1.807, 2.05) is 37.3 Å². The van der Waals surface area contributed by atoms with Gasteiger partial charge in [0.2, 0.25) is 0 Å². The van der Waals surface area contributed by atoms with Crippen LogP contribution in [-0.4, -0.2) is 37.1 Å². The Morgan fingerprint density at radius 3 is 2.45 bits per heavy atom. The molecule has 2 aliphatic rings. The molecule has 42 heavy (non-hydrogen) atoms. The van der Waals surface area contributed by atoms with Gasteiger partial charge in [-0.25, -0.2) is 0 Å². The quantitative estimate of drug-likeness (QED) is 0.168. The van der Waals surface area contributed by atoms with Crippen LogP contribution in [0, 0.1) is 6.92 Å². The number of carbonyl (C=O) groups excluding carboxylic acids is 2. The lowest BCUT2D eigenvalue weighted by atomic mass is 9.94. The number of aryl methyl sites for hydroxylation is 1. The van der Waals surface area contributed by atoms with Crippen molar-refractivity contribution >= 4 is 23.1 Å². The molecule has 1 fully saturated rings. The molecule has 8 nitrogen and oxygen atoms in total. The summed E-state index contributed by atoms with van der Waals surface area (Å²) in [5, 5.41) is 11.6. The highest BCUT2D eigenvalue weighted by Crippen LogP contribution is 2.45. The van der Waals surface area contributed by atoms with Crippen molar-refractivity contribution in [2.75, 3.05) is 25.2 Å². The second-order valence-corrected chi connectivity index (χ2v) is 10.0. The standard InChI is InChI=1S/C34H29NO7/c1-21-17-24(11-13-27(21)42-20-22-7-4-3-5-8-22)32(36)30-31(23-9-6-10-26(18-23)39-2)35(34(38)33(30)37)25-12-14-28-29(19-25)41-16-15-40-28/h3-14,17-19,31,36H,15-16,20H2,1-2H3/b32-30+. The fraction of sp³-hybridized carbons (Fsp3) is 0.176. The highest BCUT2D eigenvalue weighted by atomic mass is 16.6. The molecule has 2 heterocycles. The number of rotatable bonds is 7. The Labute approximate surface area is 243 Å². The van der Waals surface area contributed by atoms with E-state index >= 15 is 0 Å². The Kier molecular flexibility index (Phi) is 7.27. The summed E-state index contributed by atoms with van der Waals surface area (Å²) in [5.41, 5.74) is 3.21. The molecular weight excluding hydrogens is 534 g/mol. The highest BCUT2D eigenvalue weighted by molar-refractivity contribution is 6.51. The third kappa shape index (κ3) is 5.03. The number of nitrogens with zero attached hydrogens (tertiary/aromatic N) is 1. The lowest BCUT2D eigenvalue weighted by molar-refractivity contribution is -0.132. The topological polar surface area (TPSA) is 94.5 Å². The molecule has 212 valence electrons. The average Bonchev–Trinajstić information content (AvgIpc) is 3.30. The predicted octanol–water partition coefficient (Wildman–Crippen LogP) is 5.98. The zero-order valence-electron chi connectivity index (χ0n) is 23.2. The molecule has 0 spiro atoms. The third-order valence-corrected chi connectivity index (χ3v) is 7.34. The lowest BCUT2D eigenvalue weighted by Crippen LogP contribution is -2.29. The molecule has 2 aliphatic heterocycles. The van der Waals surface area contributed by atoms with E-state index in [1.54, 1.807) is 67.8 Å². The number of carbonyl (C=O) groups is 2. The van der Waals surface area contributed by atoms with Crippen molar-refractivity contribution in [2.45, 2.75) is 19.6 Å². The number of fused-ring (bicyclic) bond motifs is 1. The van der Waals surface area contributed by atoms with E-state index in [-0.39, 0.29) is 11.3 Å². The molecule has 0 bridgehead atoms. The number of anilines is 1. The molecule has 8 heteroatoms. The zero-order valence-corrected chi connectivity index (χ0v) is 23.2. The number of Topliss-reactive ketones (excluding diaryl/α,β-unsaturated/α-hetero) is 1. The Morgan fingerprint density at radius 1 is 0.905 bits per heavy atom. The molecule has 0 aliphatic carbocycles. The van der Waals surface area contributed by atoms with Crippen LogP contribution in [0.3, 0.4) is 0 Å². The maximum absolute atomic E-state index is 13.6. The minimum Gasteiger partial charge on any atom is -0.507 e. The average molecular weight is 564 g/mol. The number of methoxy groups -OCH3 is 1. The van der Waals surface area contributed by atoms with Gasteiger partial charge < -0.3 is 24.1 Å². The number of aliphatic hydroxyl groups excluding tert-OH is 1. The number of ether oxygens (including phenoxy) is 4. The molecule has 1 atom stereocenters. The molecule has 0 radical (unpaired) electrons. The second-order valence-electron chi connectivity index (χ2n) is 10.0. The normalized spacial score (nSPS) is 17.3. The minimum absolute atomic E-state index is 0.0273. The van der Waals surface area contributed by atoms with Gasteiger partial charge in [0.25, 0.3) is 11.7 Å². The van der Waals surface area contributed by atoms with Crippen molar-refractivity contribution in [1.82, 2.24) is 0 Å². The van der Waals surface area contributed by atoms with Crippen LogP contribution in [0.5, 0.6) is 23.0 Å². The van der Waals surface area contributed by atoms with Gasteiger partial charge in [0.1, 0.15) is 37.1 Å². The predicted molar refractivity (Wildman–Crippen MR) is 157 cm³/mol. The summed E-state index contributed by atoms with van der Waals surface area (Å²) >= 11 is 0. The molecule has 4 aromatic carbocycles. The van der Waals surface area contributed by atoms with Crippen LogP contribution in [0.2, 0.25) is 0 Å². The molecule has 1 N–H and O–H groups in total. The van der Waals surface area contributed by atoms with E-state index in [0.29, 0.717) is 59.6 Å². The first-order chi connectivity index (χ1) is 20.4. The smallest absolute Gasteiger partial charge is 0.300 e. The van der Waals surface area contributed by atoms with Crippen molar-refractivity contribution in [3.63, 3.8) is 0 Å². The van der Waals surface area contributed by atoms with Gasteiger partial charge in [0, 0.05) is 17.3 Å². The van der Waals surface area contributed by atoms with E-state index in [2.05, 4.69) is 0 Å². The zero-order chi connectivity index (χ0) is 29.2. The summed E-state index contributed by atoms with van der Waals surface area (Å²) in [4.78, 5) is 28.6. The van der Waals surface area contributed by atoms with Gasteiger partial charge >= 0.3 is 0 Å². The first-order valence-electron chi connectivity index (χ1n) is 13.6. The lowest BCUT2D eigenvalue weighted by Gasteiger charge is -2.27. The van der Waals surface area contributed by atoms with Crippen LogP contribution in [-0.2, 0) is 16.2 Å². The number of amides is 1. The summed E-state index contributed by atoms with van der Waals surface area (Å²) in [5.74, 6) is 0.403. The van der Waals surface area contributed by atoms with Crippen LogP contribution in [0.4, 0.5) is 5.69 Å². The van der Waals surface area contributed by atoms with Gasteiger partial charge in [0.05, 0.1) is 18.7 Å². The summed E-state index contributed by atoms with van der Waals surface area (Å²) in [6, 6.07) is 26.3. The molecule has 4 aromatic rings. The van der Waals surface area contributed by atoms with Crippen molar-refractivity contribution < 1.29 is 33.6 Å². The molecule has 0 saturated carbocycles. The van der Waals surface area contributed by atoms with Gasteiger partial charge in [0.15, 0.2) is 11.5 Å². The Bertz CT molecular complexity index is 1700. The summed E-state index contributed by atoms with van der Waals surface area (Å²) in [6.07, 6.45) is 0. The number of benzene rings is 4. The van der Waals surface area contributed by atoms with Crippen LogP contribution in [0.1, 0.15) is 28.3 Å². The minimum atomic E-state index is -0.919. The molecule has 1 amide bonds. The second kappa shape index (κ2) is 11.3. The SMILES string of the molecule is COc1cccc(C2/C(=C(\O)c3ccc(OCc4ccccc4)c(C)c3)C(=O)C(=O)N2c2ccc3c(c2)OCCO3)c1. The van der Waals surface area contributed by atoms with Crippen LogP contribution < -0.4 is 23.8 Å². The maximum atomic E-state index is 13.6. The first kappa shape index (κ1) is 27.0. The van der Waals surface area contributed by atoms with Crippen molar-refractivity contribution in [3.8, 4) is 23.0 Å². The molecule has 1 unspecified atom stereocenters. The van der Waals surface area contributed by atoms with Crippen LogP contribution in [0.15, 0.2) is 96.6 Å². The number of hydrogen-bond donors (Lipinski definition) is 1. The van der Waals surface area contributed by atoms with Gasteiger partial charge in [-0.3, -0.25) is 14.5 Å². The molecule has 0 aromatic heterocycles. The number of ketones is 1. The summed E-state index contributed by atoms with van der Waals surface area (Å²) < 4.78 is 22.8. The van der Waals surface area contributed by atoms with Gasteiger partial charge in [-0.15, -0.1) is 0 Å². The van der Waals surface area contributed by atoms with Crippen molar-refractivity contribution in [2.24, 2.45) is 0 Å². The fourth-order valence-corrected chi connectivity index (χ4v) is 5.26. The number of aliphatic hydroxyl groups is 1. The van der Waals surface area contributed by atoms with Gasteiger partial charge in [-0.1, -0.05) is 42.5 Å². The first-order valence-corrected chi connectivity index (χ1v) is 13.6. The monoisotopic (exact) mass is 563 g/mol. The van der Waals surface area contributed by atoms with Crippen molar-refractivity contribution in [1.29, 1.82) is 0 Å². The van der Waals surface area contributed by atoms with Gasteiger partial charge in [-0.05, 0) is 66.1 Å². The largest absolute Gasteiger partial charge is 0.507 e. The van der Waals surface area contributed by atoms with E-state index in [4.69, 9.17) is 18.9 Å². The highest BCUT2D eigenvalue weighted by Gasteiger charge is 2.47. The van der Waals surface area contributed by atoms with Crippen LogP contribution in [0.25, 0.3) is 5.76 Å². The summed E-state index contributed by atoms with van der Waals surface area (Å²) in [6.45, 7) is 3.06. The van der Waals surface area contributed by atoms with Crippen molar-refractivity contribution in [3.05, 3.63) is 119 Å². The maximum Gasteiger partial charge on any atom is 0.300 e. The Morgan fingerprint density at radius 2 is 1.69 bits per heavy atom. The van der Waals surface area contributed by atoms with E-state index in [0.717, 1.165) is 11.1 Å². The van der Waals surface area contributed by atoms with E-state index in [1.165, 1.54) is 4.90 Å². The van der Waals surface area contributed by atoms with Crippen LogP contribution >= 0.6 is 0 Å². The molecular formula is C34H29NO7. The van der Waals surface area contributed by atoms with E-state index < -0.39 is 17.7 Å². The fourth-order valence-electron chi connectivity index (χ4n) is 5.26. The Hall–Kier alpha value is -5.24. The van der Waals surface area contributed by atoms with Gasteiger partial charge in [-0.2, -0.15) is 0 Å². The Balaban J connectivity index is 1.41.